The van der Waals surface area contributed by atoms with E-state index in [1.165, 1.54) is 0 Å². The maximum atomic E-state index is 15.0. The highest BCUT2D eigenvalue weighted by Crippen LogP contribution is 2.30. The quantitative estimate of drug-likeness (QED) is 0.415. The molecule has 0 aliphatic carbocycles. The van der Waals surface area contributed by atoms with Gasteiger partial charge in [0.2, 0.25) is 0 Å². The molecule has 2 fully saturated rings. The number of benzene rings is 1. The summed E-state index contributed by atoms with van der Waals surface area (Å²) in [6, 6.07) is 13.3. The van der Waals surface area contributed by atoms with Crippen LogP contribution in [0.2, 0.25) is 0 Å². The molecule has 2 atom stereocenters. The van der Waals surface area contributed by atoms with Gasteiger partial charge < -0.3 is 10.5 Å². The Kier molecular flexibility index (Phi) is 6.27. The fourth-order valence-electron chi connectivity index (χ4n) is 5.25. The van der Waals surface area contributed by atoms with Crippen molar-refractivity contribution in [2.75, 3.05) is 32.0 Å². The molecule has 2 aliphatic rings. The third kappa shape index (κ3) is 4.60. The molecule has 2 unspecified atom stereocenters. The van der Waals surface area contributed by atoms with Crippen LogP contribution in [-0.4, -0.2) is 61.1 Å². The van der Waals surface area contributed by atoms with E-state index >= 15 is 0 Å². The highest BCUT2D eigenvalue weighted by Gasteiger charge is 2.37. The van der Waals surface area contributed by atoms with Crippen molar-refractivity contribution in [2.24, 2.45) is 11.8 Å². The van der Waals surface area contributed by atoms with Crippen molar-refractivity contribution < 1.29 is 9.13 Å². The summed E-state index contributed by atoms with van der Waals surface area (Å²) >= 11 is 0. The van der Waals surface area contributed by atoms with Gasteiger partial charge in [0.25, 0.3) is 0 Å². The minimum Gasteiger partial charge on any atom is -0.381 e. The third-order valence-electron chi connectivity index (χ3n) is 7.24. The predicted octanol–water partition coefficient (Wildman–Crippen LogP) is 2.83. The molecule has 0 saturated carbocycles. The number of aromatic nitrogens is 6. The third-order valence-corrected chi connectivity index (χ3v) is 7.24. The monoisotopic (exact) mass is 511 g/mol. The highest BCUT2D eigenvalue weighted by atomic mass is 19.1. The van der Waals surface area contributed by atoms with Crippen LogP contribution < -0.4 is 5.73 Å². The SMILES string of the molecule is Cc1c(C#N)cccc1-c1nc(N)c(F)c(-c2cn(Cc3cccc(CN4CC5COCC5C4)n3)nn2)n1. The Morgan fingerprint density at radius 3 is 2.55 bits per heavy atom. The van der Waals surface area contributed by atoms with Crippen LogP contribution in [0.3, 0.4) is 0 Å². The van der Waals surface area contributed by atoms with E-state index in [1.54, 1.807) is 36.0 Å². The molecule has 2 N–H and O–H groups in total. The Bertz CT molecular complexity index is 1530. The summed E-state index contributed by atoms with van der Waals surface area (Å²) in [4.78, 5) is 15.8. The van der Waals surface area contributed by atoms with Gasteiger partial charge in [0, 0.05) is 37.0 Å². The molecular formula is C27H26FN9O. The minimum atomic E-state index is -0.768. The summed E-state index contributed by atoms with van der Waals surface area (Å²) < 4.78 is 22.2. The van der Waals surface area contributed by atoms with Crippen LogP contribution in [0.15, 0.2) is 42.6 Å². The summed E-state index contributed by atoms with van der Waals surface area (Å²) in [6.07, 6.45) is 1.61. The van der Waals surface area contributed by atoms with Gasteiger partial charge in [-0.3, -0.25) is 9.88 Å². The van der Waals surface area contributed by atoms with E-state index in [9.17, 15) is 9.65 Å². The van der Waals surface area contributed by atoms with Crippen LogP contribution in [0.4, 0.5) is 10.2 Å². The van der Waals surface area contributed by atoms with Crippen LogP contribution in [0.25, 0.3) is 22.8 Å². The number of nitrogens with two attached hydrogens (primary N) is 1. The summed E-state index contributed by atoms with van der Waals surface area (Å²) in [6.45, 7) is 6.75. The number of anilines is 1. The van der Waals surface area contributed by atoms with Crippen molar-refractivity contribution in [1.82, 2.24) is 34.8 Å². The smallest absolute Gasteiger partial charge is 0.193 e. The number of rotatable bonds is 6. The lowest BCUT2D eigenvalue weighted by molar-refractivity contribution is 0.152. The van der Waals surface area contributed by atoms with E-state index in [0.717, 1.165) is 44.2 Å². The molecule has 38 heavy (non-hydrogen) atoms. The molecule has 0 amide bonds. The molecule has 2 aliphatic heterocycles. The Labute approximate surface area is 218 Å². The van der Waals surface area contributed by atoms with Crippen LogP contribution in [0.1, 0.15) is 22.5 Å². The summed E-state index contributed by atoms with van der Waals surface area (Å²) in [7, 11) is 0. The normalized spacial score (nSPS) is 19.0. The van der Waals surface area contributed by atoms with E-state index in [0.29, 0.717) is 35.1 Å². The number of likely N-dealkylation sites (tertiary alicyclic amines) is 1. The number of pyridine rings is 1. The Morgan fingerprint density at radius 1 is 1.05 bits per heavy atom. The molecule has 1 aromatic carbocycles. The van der Waals surface area contributed by atoms with Crippen LogP contribution in [-0.2, 0) is 17.8 Å². The van der Waals surface area contributed by atoms with Gasteiger partial charge in [0.1, 0.15) is 11.4 Å². The second-order valence-electron chi connectivity index (χ2n) is 9.86. The van der Waals surface area contributed by atoms with Crippen molar-refractivity contribution in [3.8, 4) is 28.8 Å². The topological polar surface area (TPSA) is 132 Å². The molecular weight excluding hydrogens is 485 g/mol. The largest absolute Gasteiger partial charge is 0.381 e. The molecule has 192 valence electrons. The fraction of sp³-hybridized carbons (Fsp3) is 0.333. The summed E-state index contributed by atoms with van der Waals surface area (Å²) in [5, 5.41) is 17.7. The van der Waals surface area contributed by atoms with Crippen molar-refractivity contribution in [3.63, 3.8) is 0 Å². The summed E-state index contributed by atoms with van der Waals surface area (Å²) in [5.41, 5.74) is 9.67. The van der Waals surface area contributed by atoms with Crippen molar-refractivity contribution >= 4 is 5.82 Å². The molecule has 11 heteroatoms. The second kappa shape index (κ2) is 9.89. The zero-order valence-corrected chi connectivity index (χ0v) is 20.9. The zero-order chi connectivity index (χ0) is 26.2. The number of halogens is 1. The van der Waals surface area contributed by atoms with Crippen molar-refractivity contribution in [2.45, 2.75) is 20.0 Å². The number of nitriles is 1. The fourth-order valence-corrected chi connectivity index (χ4v) is 5.25. The van der Waals surface area contributed by atoms with E-state index in [1.807, 2.05) is 18.2 Å². The van der Waals surface area contributed by atoms with E-state index in [-0.39, 0.29) is 23.0 Å². The average molecular weight is 512 g/mol. The van der Waals surface area contributed by atoms with Gasteiger partial charge in [-0.25, -0.2) is 19.0 Å². The average Bonchev–Trinajstić information content (AvgIpc) is 3.63. The van der Waals surface area contributed by atoms with Gasteiger partial charge in [-0.05, 0) is 30.7 Å². The van der Waals surface area contributed by atoms with Gasteiger partial charge >= 0.3 is 0 Å². The van der Waals surface area contributed by atoms with E-state index in [2.05, 4.69) is 31.2 Å². The Morgan fingerprint density at radius 2 is 1.79 bits per heavy atom. The molecule has 4 aromatic rings. The van der Waals surface area contributed by atoms with Crippen LogP contribution in [0.5, 0.6) is 0 Å². The van der Waals surface area contributed by atoms with Crippen LogP contribution in [0, 0.1) is 35.9 Å². The lowest BCUT2D eigenvalue weighted by atomic mass is 10.0. The Hall–Kier alpha value is -4.27. The van der Waals surface area contributed by atoms with Gasteiger partial charge in [-0.15, -0.1) is 5.10 Å². The first-order valence-electron chi connectivity index (χ1n) is 12.5. The maximum absolute atomic E-state index is 15.0. The van der Waals surface area contributed by atoms with Crippen LogP contribution >= 0.6 is 0 Å². The van der Waals surface area contributed by atoms with Gasteiger partial charge in [-0.2, -0.15) is 5.26 Å². The first-order chi connectivity index (χ1) is 18.5. The molecule has 0 radical (unpaired) electrons. The van der Waals surface area contributed by atoms with Gasteiger partial charge in [0.05, 0.1) is 49.0 Å². The molecule has 10 nitrogen and oxygen atoms in total. The number of nitrogen functional groups attached to an aromatic ring is 1. The molecule has 5 heterocycles. The first-order valence-corrected chi connectivity index (χ1v) is 12.5. The lowest BCUT2D eigenvalue weighted by Crippen LogP contribution is -2.23. The van der Waals surface area contributed by atoms with Crippen molar-refractivity contribution in [3.05, 3.63) is 70.9 Å². The van der Waals surface area contributed by atoms with E-state index in [4.69, 9.17) is 15.5 Å². The standard InChI is InChI=1S/C27H26FN9O/c1-16-17(8-29)4-2-7-22(16)27-32-25(24(28)26(30)33-27)23-13-37(35-34-23)12-21-6-3-5-20(31-21)11-36-9-18-14-38-15-19(18)10-36/h2-7,13,18-19H,9-12,14-15H2,1H3,(H2,30,32,33). The molecule has 3 aromatic heterocycles. The zero-order valence-electron chi connectivity index (χ0n) is 20.9. The molecule has 2 saturated heterocycles. The van der Waals surface area contributed by atoms with E-state index < -0.39 is 5.82 Å². The maximum Gasteiger partial charge on any atom is 0.193 e. The van der Waals surface area contributed by atoms with Crippen molar-refractivity contribution in [1.29, 1.82) is 5.26 Å². The summed E-state index contributed by atoms with van der Waals surface area (Å²) in [5.74, 6) is 0.407. The predicted molar refractivity (Wildman–Crippen MR) is 137 cm³/mol. The minimum absolute atomic E-state index is 0.0502. The number of fused-ring (bicyclic) bond motifs is 1. The van der Waals surface area contributed by atoms with Gasteiger partial charge in [0.15, 0.2) is 17.5 Å². The molecule has 0 bridgehead atoms. The second-order valence-corrected chi connectivity index (χ2v) is 9.86. The molecule has 0 spiro atoms. The first kappa shape index (κ1) is 24.1. The molecule has 6 rings (SSSR count). The number of hydrogen-bond donors (Lipinski definition) is 1. The number of hydrogen-bond acceptors (Lipinski definition) is 9. The Balaban J connectivity index is 1.22. The van der Waals surface area contributed by atoms with Gasteiger partial charge in [-0.1, -0.05) is 23.4 Å². The lowest BCUT2D eigenvalue weighted by Gasteiger charge is -2.16. The number of ether oxygens (including phenoxy) is 1. The number of nitrogens with zero attached hydrogens (tertiary/aromatic N) is 8. The highest BCUT2D eigenvalue weighted by molar-refractivity contribution is 5.69.